The zero-order valence-electron chi connectivity index (χ0n) is 22.2. The minimum absolute atomic E-state index is 0.0592. The summed E-state index contributed by atoms with van der Waals surface area (Å²) in [4.78, 5) is 24.0. The van der Waals surface area contributed by atoms with Crippen molar-refractivity contribution < 1.29 is 37.5 Å². The molecule has 2 aromatic rings. The fourth-order valence-electron chi connectivity index (χ4n) is 3.92. The van der Waals surface area contributed by atoms with Crippen LogP contribution in [0.15, 0.2) is 48.5 Å². The number of nitro benzene ring substituents is 1. The van der Waals surface area contributed by atoms with Crippen LogP contribution in [0.4, 0.5) is 18.9 Å². The van der Waals surface area contributed by atoms with Crippen LogP contribution in [0.5, 0.6) is 11.5 Å². The van der Waals surface area contributed by atoms with E-state index in [9.17, 15) is 23.3 Å². The summed E-state index contributed by atoms with van der Waals surface area (Å²) in [6.07, 6.45) is 0.615. The van der Waals surface area contributed by atoms with Crippen LogP contribution < -0.4 is 9.47 Å². The molecule has 1 saturated heterocycles. The maximum Gasteiger partial charge on any atom is 0.490 e. The van der Waals surface area contributed by atoms with Gasteiger partial charge in [-0.25, -0.2) is 4.79 Å². The summed E-state index contributed by atoms with van der Waals surface area (Å²) in [5.41, 5.74) is 1.12. The van der Waals surface area contributed by atoms with Gasteiger partial charge in [-0.15, -0.1) is 0 Å². The van der Waals surface area contributed by atoms with Crippen molar-refractivity contribution >= 4 is 11.7 Å². The van der Waals surface area contributed by atoms with Crippen LogP contribution in [0.3, 0.4) is 0 Å². The molecule has 1 aliphatic rings. The van der Waals surface area contributed by atoms with Gasteiger partial charge in [-0.3, -0.25) is 10.1 Å². The number of non-ortho nitro benzene ring substituents is 1. The van der Waals surface area contributed by atoms with E-state index < -0.39 is 17.1 Å². The van der Waals surface area contributed by atoms with Crippen LogP contribution in [0.25, 0.3) is 0 Å². The van der Waals surface area contributed by atoms with Gasteiger partial charge in [-0.1, -0.05) is 18.6 Å². The molecule has 1 unspecified atom stereocenters. The first-order chi connectivity index (χ1) is 18.5. The molecule has 1 N–H and O–H groups in total. The fraction of sp³-hybridized carbons (Fsp3) is 0.519. The van der Waals surface area contributed by atoms with Gasteiger partial charge in [0, 0.05) is 31.6 Å². The van der Waals surface area contributed by atoms with Gasteiger partial charge in [-0.05, 0) is 76.3 Å². The predicted molar refractivity (Wildman–Crippen MR) is 140 cm³/mol. The summed E-state index contributed by atoms with van der Waals surface area (Å²) in [6.45, 7) is 5.13. The molecule has 1 aliphatic heterocycles. The molecule has 12 heteroatoms. The topological polar surface area (TPSA) is 105 Å². The second kappa shape index (κ2) is 15.9. The molecule has 2 aromatic carbocycles. The molecule has 0 radical (unpaired) electrons. The van der Waals surface area contributed by atoms with E-state index in [1.54, 1.807) is 12.1 Å². The first-order valence-electron chi connectivity index (χ1n) is 12.8. The van der Waals surface area contributed by atoms with E-state index in [2.05, 4.69) is 9.80 Å². The van der Waals surface area contributed by atoms with E-state index in [1.807, 2.05) is 38.4 Å². The van der Waals surface area contributed by atoms with E-state index in [-0.39, 0.29) is 11.8 Å². The fourth-order valence-corrected chi connectivity index (χ4v) is 3.92. The third-order valence-corrected chi connectivity index (χ3v) is 5.99. The summed E-state index contributed by atoms with van der Waals surface area (Å²) in [7, 11) is 4.06. The highest BCUT2D eigenvalue weighted by atomic mass is 19.4. The Hall–Kier alpha value is -3.38. The van der Waals surface area contributed by atoms with E-state index >= 15 is 0 Å². The van der Waals surface area contributed by atoms with E-state index in [0.29, 0.717) is 5.75 Å². The Labute approximate surface area is 226 Å². The number of rotatable bonds is 12. The Kier molecular flexibility index (Phi) is 13.0. The molecule has 0 saturated carbocycles. The number of carbonyl (C=O) groups is 1. The highest BCUT2D eigenvalue weighted by Gasteiger charge is 2.38. The van der Waals surface area contributed by atoms with Gasteiger partial charge in [0.25, 0.3) is 5.69 Å². The number of aliphatic carboxylic acids is 1. The third kappa shape index (κ3) is 12.3. The number of halogens is 3. The molecule has 0 aliphatic carbocycles. The minimum Gasteiger partial charge on any atom is -0.494 e. The number of ether oxygens (including phenoxy) is 2. The molecule has 0 amide bonds. The summed E-state index contributed by atoms with van der Waals surface area (Å²) < 4.78 is 43.9. The first kappa shape index (κ1) is 31.8. The number of carboxylic acids is 1. The van der Waals surface area contributed by atoms with Crippen molar-refractivity contribution in [1.29, 1.82) is 0 Å². The first-order valence-corrected chi connectivity index (χ1v) is 12.8. The molecule has 3 rings (SSSR count). The van der Waals surface area contributed by atoms with Gasteiger partial charge in [0.15, 0.2) is 0 Å². The Morgan fingerprint density at radius 1 is 1.05 bits per heavy atom. The average Bonchev–Trinajstić information content (AvgIpc) is 2.90. The smallest absolute Gasteiger partial charge is 0.490 e. The maximum absolute atomic E-state index is 10.9. The van der Waals surface area contributed by atoms with Crippen molar-refractivity contribution in [2.24, 2.45) is 0 Å². The SMILES string of the molecule is CN(C)CCC(Oc1ccc([N+](=O)[O-])cc1)c1ccc(OCCCN2CCCCC2)cc1.O=C(O)C(F)(F)F. The zero-order valence-corrected chi connectivity index (χ0v) is 22.2. The summed E-state index contributed by atoms with van der Waals surface area (Å²) in [5, 5.41) is 18.0. The molecule has 1 atom stereocenters. The highest BCUT2D eigenvalue weighted by Crippen LogP contribution is 2.28. The number of carboxylic acid groups (broad SMARTS) is 1. The molecule has 39 heavy (non-hydrogen) atoms. The van der Waals surface area contributed by atoms with Gasteiger partial charge in [0.05, 0.1) is 11.5 Å². The number of hydrogen-bond acceptors (Lipinski definition) is 7. The molecule has 0 aromatic heterocycles. The van der Waals surface area contributed by atoms with E-state index in [1.165, 1.54) is 44.5 Å². The second-order valence-corrected chi connectivity index (χ2v) is 9.43. The van der Waals surface area contributed by atoms with Gasteiger partial charge >= 0.3 is 12.1 Å². The van der Waals surface area contributed by atoms with Crippen molar-refractivity contribution in [2.75, 3.05) is 46.9 Å². The predicted octanol–water partition coefficient (Wildman–Crippen LogP) is 5.55. The van der Waals surface area contributed by atoms with Crippen LogP contribution in [0.1, 0.15) is 43.8 Å². The number of likely N-dealkylation sites (tertiary alicyclic amines) is 1. The molecule has 0 spiro atoms. The number of alkyl halides is 3. The number of piperidine rings is 1. The standard InChI is InChI=1S/C25H35N3O4.C2HF3O2/c1-26(2)19-15-25(32-24-13-9-22(10-14-24)28(29)30)21-7-11-23(12-8-21)31-20-6-18-27-16-4-3-5-17-27;3-2(4,5)1(6)7/h7-14,25H,3-6,15-20H2,1-2H3;(H,6,7). The second-order valence-electron chi connectivity index (χ2n) is 9.43. The third-order valence-electron chi connectivity index (χ3n) is 5.99. The molecule has 9 nitrogen and oxygen atoms in total. The van der Waals surface area contributed by atoms with Gasteiger partial charge < -0.3 is 24.4 Å². The number of benzene rings is 2. The van der Waals surface area contributed by atoms with Crippen LogP contribution >= 0.6 is 0 Å². The minimum atomic E-state index is -5.08. The van der Waals surface area contributed by atoms with Crippen molar-refractivity contribution in [1.82, 2.24) is 9.80 Å². The van der Waals surface area contributed by atoms with Crippen LogP contribution in [0, 0.1) is 10.1 Å². The average molecular weight is 556 g/mol. The molecular formula is C27H36F3N3O6. The summed E-state index contributed by atoms with van der Waals surface area (Å²) >= 11 is 0. The Morgan fingerprint density at radius 3 is 2.13 bits per heavy atom. The van der Waals surface area contributed by atoms with Gasteiger partial charge in [0.2, 0.25) is 0 Å². The Morgan fingerprint density at radius 2 is 1.62 bits per heavy atom. The lowest BCUT2D eigenvalue weighted by Crippen LogP contribution is -2.31. The largest absolute Gasteiger partial charge is 0.494 e. The van der Waals surface area contributed by atoms with Crippen LogP contribution in [0.2, 0.25) is 0 Å². The maximum atomic E-state index is 10.9. The van der Waals surface area contributed by atoms with Crippen LogP contribution in [-0.4, -0.2) is 78.9 Å². The van der Waals surface area contributed by atoms with Crippen molar-refractivity contribution in [2.45, 2.75) is 44.4 Å². The quantitative estimate of drug-likeness (QED) is 0.206. The molecule has 0 bridgehead atoms. The van der Waals surface area contributed by atoms with Crippen LogP contribution in [-0.2, 0) is 4.79 Å². The summed E-state index contributed by atoms with van der Waals surface area (Å²) in [5.74, 6) is -1.26. The summed E-state index contributed by atoms with van der Waals surface area (Å²) in [6, 6.07) is 14.3. The number of nitro groups is 1. The molecule has 216 valence electrons. The zero-order chi connectivity index (χ0) is 28.8. The monoisotopic (exact) mass is 555 g/mol. The number of nitrogens with zero attached hydrogens (tertiary/aromatic N) is 3. The molecule has 1 heterocycles. The Balaban J connectivity index is 0.000000673. The Bertz CT molecular complexity index is 1010. The highest BCUT2D eigenvalue weighted by molar-refractivity contribution is 5.73. The normalized spacial score (nSPS) is 14.7. The van der Waals surface area contributed by atoms with E-state index in [0.717, 1.165) is 43.9 Å². The van der Waals surface area contributed by atoms with E-state index in [4.69, 9.17) is 19.4 Å². The number of hydrogen-bond donors (Lipinski definition) is 1. The lowest BCUT2D eigenvalue weighted by atomic mass is 10.1. The van der Waals surface area contributed by atoms with Crippen molar-refractivity contribution in [3.8, 4) is 11.5 Å². The van der Waals surface area contributed by atoms with Crippen molar-refractivity contribution in [3.05, 3.63) is 64.2 Å². The molecule has 1 fully saturated rings. The lowest BCUT2D eigenvalue weighted by Gasteiger charge is -2.26. The lowest BCUT2D eigenvalue weighted by molar-refractivity contribution is -0.384. The van der Waals surface area contributed by atoms with Gasteiger partial charge in [-0.2, -0.15) is 13.2 Å². The molecular weight excluding hydrogens is 519 g/mol. The van der Waals surface area contributed by atoms with Gasteiger partial charge in [0.1, 0.15) is 17.6 Å². The van der Waals surface area contributed by atoms with Crippen molar-refractivity contribution in [3.63, 3.8) is 0 Å².